The Hall–Kier alpha value is -2.61. The first kappa shape index (κ1) is 19.7. The molecule has 2 nitrogen and oxygen atoms in total. The Labute approximate surface area is 157 Å². The highest BCUT2D eigenvalue weighted by Crippen LogP contribution is 2.31. The van der Waals surface area contributed by atoms with E-state index in [1.807, 2.05) is 67.6 Å². The Morgan fingerprint density at radius 2 is 1.62 bits per heavy atom. The van der Waals surface area contributed by atoms with Crippen molar-refractivity contribution in [1.29, 1.82) is 0 Å². The number of carbonyl (C=O) groups excluding carboxylic acids is 1. The third-order valence-corrected chi connectivity index (χ3v) is 4.59. The standard InChI is InChI=1S/C18H22O2.C6H6/c1-4-16(17(19)14-9-5-6-10-14)18(20-3)15-11-7-8-13(2)12-15;1-2-4-6-5-3-1/h4,7-8,11-12,14H,1,5-6,9-10H2,2-3H3;1-6H/b18-16+;. The molecule has 1 aliphatic rings. The number of benzene rings is 2. The summed E-state index contributed by atoms with van der Waals surface area (Å²) in [7, 11) is 1.61. The molecule has 0 aromatic heterocycles. The maximum Gasteiger partial charge on any atom is 0.169 e. The maximum atomic E-state index is 12.6. The summed E-state index contributed by atoms with van der Waals surface area (Å²) < 4.78 is 5.51. The van der Waals surface area contributed by atoms with Gasteiger partial charge < -0.3 is 4.74 Å². The van der Waals surface area contributed by atoms with Gasteiger partial charge in [-0.05, 0) is 25.8 Å². The summed E-state index contributed by atoms with van der Waals surface area (Å²) >= 11 is 0. The molecule has 0 unspecified atom stereocenters. The van der Waals surface area contributed by atoms with Gasteiger partial charge in [-0.3, -0.25) is 4.79 Å². The Bertz CT molecular complexity index is 711. The van der Waals surface area contributed by atoms with Crippen molar-refractivity contribution in [3.63, 3.8) is 0 Å². The van der Waals surface area contributed by atoms with Gasteiger partial charge in [0.25, 0.3) is 0 Å². The maximum absolute atomic E-state index is 12.6. The van der Waals surface area contributed by atoms with Crippen LogP contribution in [0, 0.1) is 12.8 Å². The molecular weight excluding hydrogens is 320 g/mol. The van der Waals surface area contributed by atoms with Gasteiger partial charge in [-0.25, -0.2) is 0 Å². The number of ether oxygens (including phenoxy) is 1. The molecule has 0 amide bonds. The van der Waals surface area contributed by atoms with Crippen molar-refractivity contribution in [2.45, 2.75) is 32.6 Å². The van der Waals surface area contributed by atoms with Gasteiger partial charge in [-0.1, -0.05) is 85.7 Å². The lowest BCUT2D eigenvalue weighted by Crippen LogP contribution is -2.14. The second kappa shape index (κ2) is 10.4. The van der Waals surface area contributed by atoms with Gasteiger partial charge in [-0.2, -0.15) is 0 Å². The van der Waals surface area contributed by atoms with Crippen LogP contribution in [-0.4, -0.2) is 12.9 Å². The molecule has 136 valence electrons. The van der Waals surface area contributed by atoms with Crippen molar-refractivity contribution < 1.29 is 9.53 Å². The Morgan fingerprint density at radius 1 is 1.04 bits per heavy atom. The molecule has 0 N–H and O–H groups in total. The number of rotatable bonds is 5. The average Bonchev–Trinajstić information content (AvgIpc) is 3.22. The number of methoxy groups -OCH3 is 1. The fraction of sp³-hybridized carbons (Fsp3) is 0.292. The summed E-state index contributed by atoms with van der Waals surface area (Å²) in [4.78, 5) is 12.6. The molecule has 0 radical (unpaired) electrons. The molecule has 2 aromatic carbocycles. The second-order valence-electron chi connectivity index (χ2n) is 6.52. The second-order valence-corrected chi connectivity index (χ2v) is 6.52. The number of allylic oxidation sites excluding steroid dienone is 2. The van der Waals surface area contributed by atoms with Crippen LogP contribution in [-0.2, 0) is 9.53 Å². The number of hydrogen-bond acceptors (Lipinski definition) is 2. The van der Waals surface area contributed by atoms with Gasteiger partial charge in [0.1, 0.15) is 5.76 Å². The normalized spacial score (nSPS) is 14.7. The van der Waals surface area contributed by atoms with Gasteiger partial charge in [0.2, 0.25) is 0 Å². The lowest BCUT2D eigenvalue weighted by atomic mass is 9.93. The summed E-state index contributed by atoms with van der Waals surface area (Å²) in [5, 5.41) is 0. The first-order chi connectivity index (χ1) is 12.7. The molecule has 3 rings (SSSR count). The molecule has 1 saturated carbocycles. The molecule has 1 fully saturated rings. The molecule has 0 aliphatic heterocycles. The van der Waals surface area contributed by atoms with Crippen LogP contribution in [0.2, 0.25) is 0 Å². The number of aryl methyl sites for hydroxylation is 1. The molecule has 0 heterocycles. The Balaban J connectivity index is 0.000000342. The Morgan fingerprint density at radius 3 is 2.08 bits per heavy atom. The van der Waals surface area contributed by atoms with E-state index in [2.05, 4.69) is 6.58 Å². The van der Waals surface area contributed by atoms with E-state index in [9.17, 15) is 4.79 Å². The summed E-state index contributed by atoms with van der Waals surface area (Å²) in [5.41, 5.74) is 2.70. The van der Waals surface area contributed by atoms with Crippen LogP contribution in [0.5, 0.6) is 0 Å². The third-order valence-electron chi connectivity index (χ3n) is 4.59. The highest BCUT2D eigenvalue weighted by atomic mass is 16.5. The van der Waals surface area contributed by atoms with Gasteiger partial charge in [0.15, 0.2) is 5.78 Å². The van der Waals surface area contributed by atoms with E-state index in [0.717, 1.165) is 36.8 Å². The van der Waals surface area contributed by atoms with Crippen LogP contribution < -0.4 is 0 Å². The molecule has 2 heteroatoms. The van der Waals surface area contributed by atoms with Gasteiger partial charge in [-0.15, -0.1) is 0 Å². The average molecular weight is 348 g/mol. The van der Waals surface area contributed by atoms with E-state index in [0.29, 0.717) is 11.3 Å². The zero-order chi connectivity index (χ0) is 18.8. The largest absolute Gasteiger partial charge is 0.495 e. The number of hydrogen-bond donors (Lipinski definition) is 0. The topological polar surface area (TPSA) is 26.3 Å². The van der Waals surface area contributed by atoms with E-state index in [-0.39, 0.29) is 11.7 Å². The zero-order valence-corrected chi connectivity index (χ0v) is 15.8. The van der Waals surface area contributed by atoms with E-state index in [1.165, 1.54) is 0 Å². The lowest BCUT2D eigenvalue weighted by molar-refractivity contribution is -0.118. The number of ketones is 1. The molecule has 0 bridgehead atoms. The zero-order valence-electron chi connectivity index (χ0n) is 15.8. The van der Waals surface area contributed by atoms with Gasteiger partial charge >= 0.3 is 0 Å². The van der Waals surface area contributed by atoms with Crippen LogP contribution >= 0.6 is 0 Å². The fourth-order valence-corrected chi connectivity index (χ4v) is 3.27. The van der Waals surface area contributed by atoms with Crippen LogP contribution in [0.25, 0.3) is 5.76 Å². The van der Waals surface area contributed by atoms with Crippen LogP contribution in [0.15, 0.2) is 78.9 Å². The van der Waals surface area contributed by atoms with E-state index in [4.69, 9.17) is 4.74 Å². The van der Waals surface area contributed by atoms with Crippen molar-refractivity contribution in [1.82, 2.24) is 0 Å². The predicted molar refractivity (Wildman–Crippen MR) is 109 cm³/mol. The highest BCUT2D eigenvalue weighted by Gasteiger charge is 2.26. The number of Topliss-reactive ketones (excluding diaryl/α,β-unsaturated/α-hetero) is 1. The minimum atomic E-state index is 0.137. The first-order valence-corrected chi connectivity index (χ1v) is 9.19. The first-order valence-electron chi connectivity index (χ1n) is 9.19. The fourth-order valence-electron chi connectivity index (χ4n) is 3.27. The monoisotopic (exact) mass is 348 g/mol. The predicted octanol–water partition coefficient (Wildman–Crippen LogP) is 5.98. The summed E-state index contributed by atoms with van der Waals surface area (Å²) in [6.07, 6.45) is 5.91. The van der Waals surface area contributed by atoms with Crippen molar-refractivity contribution in [3.8, 4) is 0 Å². The molecule has 1 aliphatic carbocycles. The van der Waals surface area contributed by atoms with Gasteiger partial charge in [0, 0.05) is 11.5 Å². The molecule has 0 spiro atoms. The quantitative estimate of drug-likeness (QED) is 0.377. The molecule has 26 heavy (non-hydrogen) atoms. The SMILES string of the molecule is C=C/C(C(=O)C1CCCC1)=C(\OC)c1cccc(C)c1.c1ccccc1. The number of carbonyl (C=O) groups is 1. The highest BCUT2D eigenvalue weighted by molar-refractivity contribution is 6.05. The molecular formula is C24H28O2. The Kier molecular flexibility index (Phi) is 7.88. The molecule has 0 atom stereocenters. The molecule has 0 saturated heterocycles. The third kappa shape index (κ3) is 5.45. The van der Waals surface area contributed by atoms with Crippen molar-refractivity contribution >= 4 is 11.5 Å². The summed E-state index contributed by atoms with van der Waals surface area (Å²) in [5.74, 6) is 0.953. The minimum Gasteiger partial charge on any atom is -0.495 e. The summed E-state index contributed by atoms with van der Waals surface area (Å²) in [6.45, 7) is 5.84. The van der Waals surface area contributed by atoms with E-state index >= 15 is 0 Å². The van der Waals surface area contributed by atoms with E-state index in [1.54, 1.807) is 13.2 Å². The van der Waals surface area contributed by atoms with Crippen LogP contribution in [0.3, 0.4) is 0 Å². The smallest absolute Gasteiger partial charge is 0.169 e. The lowest BCUT2D eigenvalue weighted by Gasteiger charge is -2.14. The molecule has 2 aromatic rings. The van der Waals surface area contributed by atoms with Crippen LogP contribution in [0.4, 0.5) is 0 Å². The van der Waals surface area contributed by atoms with Crippen molar-refractivity contribution in [2.24, 2.45) is 5.92 Å². The van der Waals surface area contributed by atoms with Gasteiger partial charge in [0.05, 0.1) is 12.7 Å². The van der Waals surface area contributed by atoms with Crippen LogP contribution in [0.1, 0.15) is 36.8 Å². The van der Waals surface area contributed by atoms with E-state index < -0.39 is 0 Å². The minimum absolute atomic E-state index is 0.137. The van der Waals surface area contributed by atoms with Crippen molar-refractivity contribution in [3.05, 3.63) is 90.0 Å². The van der Waals surface area contributed by atoms with Crippen molar-refractivity contribution in [2.75, 3.05) is 7.11 Å². The summed E-state index contributed by atoms with van der Waals surface area (Å²) in [6, 6.07) is 20.0.